The number of piperidine rings is 1. The average molecular weight is 480 g/mol. The molecule has 0 radical (unpaired) electrons. The topological polar surface area (TPSA) is 55.6 Å². The number of nitrogens with one attached hydrogen (secondary N) is 1. The molecule has 8 heteroatoms. The van der Waals surface area contributed by atoms with Crippen LogP contribution in [0.1, 0.15) is 32.3 Å². The zero-order valence-corrected chi connectivity index (χ0v) is 19.5. The molecule has 2 aliphatic rings. The minimum absolute atomic E-state index is 0.161. The van der Waals surface area contributed by atoms with Gasteiger partial charge in [-0.05, 0) is 63.1 Å². The maximum absolute atomic E-state index is 13.3. The number of hydrazine groups is 1. The predicted octanol–water partition coefficient (Wildman–Crippen LogP) is 4.94. The van der Waals surface area contributed by atoms with Crippen LogP contribution in [0.3, 0.4) is 0 Å². The molecule has 0 spiro atoms. The number of carbonyl (C=O) groups excluding carboxylic acids is 1. The highest BCUT2D eigenvalue weighted by molar-refractivity contribution is 6.36. The smallest absolute Gasteiger partial charge is 0.331 e. The quantitative estimate of drug-likeness (QED) is 0.611. The van der Waals surface area contributed by atoms with Gasteiger partial charge < -0.3 is 5.11 Å². The summed E-state index contributed by atoms with van der Waals surface area (Å²) in [6, 6.07) is 12.5. The maximum atomic E-state index is 13.3. The lowest BCUT2D eigenvalue weighted by Crippen LogP contribution is -2.56. The first-order valence-electron chi connectivity index (χ1n) is 10.1. The third-order valence-electron chi connectivity index (χ3n) is 5.83. The van der Waals surface area contributed by atoms with Crippen LogP contribution < -0.4 is 5.43 Å². The average Bonchev–Trinajstić information content (AvgIpc) is 2.72. The fourth-order valence-corrected chi connectivity index (χ4v) is 4.72. The summed E-state index contributed by atoms with van der Waals surface area (Å²) in [5.41, 5.74) is 6.78. The highest BCUT2D eigenvalue weighted by atomic mass is 35.5. The second-order valence-corrected chi connectivity index (χ2v) is 9.12. The summed E-state index contributed by atoms with van der Waals surface area (Å²) in [7, 11) is 0. The molecule has 1 fully saturated rings. The van der Waals surface area contributed by atoms with Gasteiger partial charge in [0.2, 0.25) is 11.4 Å². The first-order valence-corrected chi connectivity index (χ1v) is 11.3. The number of rotatable bonds is 4. The van der Waals surface area contributed by atoms with Crippen molar-refractivity contribution >= 4 is 52.1 Å². The van der Waals surface area contributed by atoms with Gasteiger partial charge in [-0.25, -0.2) is 5.01 Å². The van der Waals surface area contributed by atoms with E-state index in [1.807, 2.05) is 42.7 Å². The Morgan fingerprint density at radius 2 is 1.81 bits per heavy atom. The number of aliphatic hydroxyl groups is 1. The molecule has 0 aromatic heterocycles. The zero-order chi connectivity index (χ0) is 22.3. The lowest BCUT2D eigenvalue weighted by molar-refractivity contribution is -0.392. The number of hydrogen-bond donors (Lipinski definition) is 2. The first kappa shape index (κ1) is 22.3. The van der Waals surface area contributed by atoms with E-state index < -0.39 is 6.10 Å². The molecule has 0 bridgehead atoms. The fourth-order valence-electron chi connectivity index (χ4n) is 4.10. The number of amides is 1. The van der Waals surface area contributed by atoms with Crippen molar-refractivity contribution in [1.29, 1.82) is 0 Å². The van der Waals surface area contributed by atoms with Crippen molar-refractivity contribution in [3.8, 4) is 0 Å². The number of hydrogen-bond acceptors (Lipinski definition) is 3. The van der Waals surface area contributed by atoms with Gasteiger partial charge in [-0.2, -0.15) is 0 Å². The summed E-state index contributed by atoms with van der Waals surface area (Å²) in [4.78, 5) is 13.3. The van der Waals surface area contributed by atoms with Crippen LogP contribution in [0.2, 0.25) is 15.1 Å². The van der Waals surface area contributed by atoms with Crippen LogP contribution >= 0.6 is 34.8 Å². The van der Waals surface area contributed by atoms with E-state index in [1.165, 1.54) is 0 Å². The van der Waals surface area contributed by atoms with E-state index in [2.05, 4.69) is 5.43 Å². The third-order valence-corrected chi connectivity index (χ3v) is 6.62. The van der Waals surface area contributed by atoms with Gasteiger partial charge in [0.15, 0.2) is 0 Å². The van der Waals surface area contributed by atoms with Gasteiger partial charge in [-0.15, -0.1) is 4.58 Å². The van der Waals surface area contributed by atoms with E-state index in [0.717, 1.165) is 29.7 Å². The number of aliphatic hydroxyl groups excluding tert-OH is 1. The summed E-state index contributed by atoms with van der Waals surface area (Å²) in [6.07, 6.45) is 1.08. The molecule has 0 aliphatic carbocycles. The summed E-state index contributed by atoms with van der Waals surface area (Å²) in [5, 5.41) is 13.6. The molecule has 2 unspecified atom stereocenters. The molecule has 4 rings (SSSR count). The Hall–Kier alpha value is -1.89. The Balaban J connectivity index is 1.72. The van der Waals surface area contributed by atoms with E-state index in [0.29, 0.717) is 33.0 Å². The normalized spacial score (nSPS) is 21.9. The molecule has 1 amide bonds. The number of carbonyl (C=O) groups is 1. The van der Waals surface area contributed by atoms with Crippen molar-refractivity contribution in [2.24, 2.45) is 0 Å². The lowest BCUT2D eigenvalue weighted by Gasteiger charge is -2.36. The molecular formula is C23H23Cl3N3O2+. The zero-order valence-electron chi connectivity index (χ0n) is 17.2. The van der Waals surface area contributed by atoms with Crippen molar-refractivity contribution in [3.05, 3.63) is 74.4 Å². The van der Waals surface area contributed by atoms with Crippen molar-refractivity contribution in [1.82, 2.24) is 10.4 Å². The third kappa shape index (κ3) is 4.26. The van der Waals surface area contributed by atoms with Gasteiger partial charge in [0, 0.05) is 28.2 Å². The fraction of sp³-hybridized carbons (Fsp3) is 0.304. The Kier molecular flexibility index (Phi) is 6.42. The van der Waals surface area contributed by atoms with E-state index in [4.69, 9.17) is 34.8 Å². The number of allylic oxidation sites excluding steroid dienone is 1. The van der Waals surface area contributed by atoms with E-state index in [1.54, 1.807) is 23.2 Å². The van der Waals surface area contributed by atoms with Crippen LogP contribution in [-0.2, 0) is 4.79 Å². The predicted molar refractivity (Wildman–Crippen MR) is 124 cm³/mol. The summed E-state index contributed by atoms with van der Waals surface area (Å²) < 4.78 is 1.84. The Morgan fingerprint density at radius 1 is 1.13 bits per heavy atom. The molecule has 162 valence electrons. The minimum Gasteiger partial charge on any atom is -0.391 e. The van der Waals surface area contributed by atoms with Gasteiger partial charge >= 0.3 is 5.91 Å². The van der Waals surface area contributed by atoms with E-state index >= 15 is 0 Å². The number of halogens is 3. The number of nitrogens with zero attached hydrogens (tertiary/aromatic N) is 2. The highest BCUT2D eigenvalue weighted by Gasteiger charge is 2.45. The van der Waals surface area contributed by atoms with Gasteiger partial charge in [0.1, 0.15) is 5.02 Å². The van der Waals surface area contributed by atoms with Crippen LogP contribution in [0.4, 0.5) is 5.69 Å². The molecule has 2 aromatic rings. The molecular weight excluding hydrogens is 457 g/mol. The van der Waals surface area contributed by atoms with Crippen LogP contribution in [0, 0.1) is 0 Å². The van der Waals surface area contributed by atoms with Crippen molar-refractivity contribution in [3.63, 3.8) is 0 Å². The van der Waals surface area contributed by atoms with Crippen LogP contribution in [0.25, 0.3) is 0 Å². The monoisotopic (exact) mass is 478 g/mol. The second-order valence-electron chi connectivity index (χ2n) is 7.84. The molecule has 2 atom stereocenters. The number of benzene rings is 2. The van der Waals surface area contributed by atoms with Crippen molar-refractivity contribution in [2.45, 2.75) is 38.8 Å². The Morgan fingerprint density at radius 3 is 2.48 bits per heavy atom. The lowest BCUT2D eigenvalue weighted by atomic mass is 9.93. The molecule has 2 heterocycles. The molecule has 5 nitrogen and oxygen atoms in total. The van der Waals surface area contributed by atoms with Gasteiger partial charge in [-0.1, -0.05) is 34.8 Å². The maximum Gasteiger partial charge on any atom is 0.331 e. The molecule has 31 heavy (non-hydrogen) atoms. The molecule has 2 N–H and O–H groups in total. The molecule has 0 saturated carbocycles. The van der Waals surface area contributed by atoms with Gasteiger partial charge in [0.05, 0.1) is 17.7 Å². The van der Waals surface area contributed by atoms with Crippen LogP contribution in [0.15, 0.2) is 53.7 Å². The first-order chi connectivity index (χ1) is 14.8. The van der Waals surface area contributed by atoms with Crippen LogP contribution in [-0.4, -0.2) is 45.0 Å². The minimum atomic E-state index is -0.469. The second kappa shape index (κ2) is 8.93. The summed E-state index contributed by atoms with van der Waals surface area (Å²) in [6.45, 7) is 4.50. The standard InChI is InChI=1S/C23H22Cl3N3O2/c1-13-21(15-5-7-16(24)8-6-15)29(19-10-9-17(25)12-18(19)26)22(13)23(31)27-28-11-3-4-20(30)14(28)2/h5-10,12,14,20,30H,3-4,11H2,1-2H3/p+1. The van der Waals surface area contributed by atoms with Gasteiger partial charge in [0.25, 0.3) is 5.70 Å². The van der Waals surface area contributed by atoms with E-state index in [9.17, 15) is 9.90 Å². The van der Waals surface area contributed by atoms with E-state index in [-0.39, 0.29) is 11.9 Å². The van der Waals surface area contributed by atoms with Crippen molar-refractivity contribution in [2.75, 3.05) is 6.54 Å². The Bertz CT molecular complexity index is 1100. The molecule has 2 aromatic carbocycles. The van der Waals surface area contributed by atoms with Crippen molar-refractivity contribution < 1.29 is 14.5 Å². The summed E-state index contributed by atoms with van der Waals surface area (Å²) in [5.74, 6) is -0.248. The van der Waals surface area contributed by atoms with Crippen LogP contribution in [0.5, 0.6) is 0 Å². The Labute approximate surface area is 196 Å². The molecule has 1 saturated heterocycles. The summed E-state index contributed by atoms with van der Waals surface area (Å²) >= 11 is 18.7. The highest BCUT2D eigenvalue weighted by Crippen LogP contribution is 2.37. The SMILES string of the molecule is CC1=C(C(=O)NN2CCCC(O)C2C)[N+](c2ccc(Cl)cc2Cl)=C1c1ccc(Cl)cc1. The largest absolute Gasteiger partial charge is 0.391 e. The van der Waals surface area contributed by atoms with Gasteiger partial charge in [-0.3, -0.25) is 10.2 Å². The molecule has 2 aliphatic heterocycles.